The molecule has 2 aliphatic rings. The molecule has 7 nitrogen and oxygen atoms in total. The van der Waals surface area contributed by atoms with Gasteiger partial charge >= 0.3 is 0 Å². The zero-order valence-corrected chi connectivity index (χ0v) is 20.2. The number of fused-ring (bicyclic) bond motifs is 2. The number of morpholine rings is 1. The van der Waals surface area contributed by atoms with E-state index >= 15 is 0 Å². The van der Waals surface area contributed by atoms with Crippen molar-refractivity contribution in [1.82, 2.24) is 24.7 Å². The Bertz CT molecular complexity index is 1140. The molecular weight excluding hydrogens is 434 g/mol. The highest BCUT2D eigenvalue weighted by atomic mass is 32.1. The molecule has 1 fully saturated rings. The van der Waals surface area contributed by atoms with Crippen molar-refractivity contribution in [3.8, 4) is 0 Å². The second-order valence-corrected chi connectivity index (χ2v) is 9.77. The number of amides is 1. The molecular formula is C25H31N5O2S. The Kier molecular flexibility index (Phi) is 6.69. The van der Waals surface area contributed by atoms with Crippen molar-refractivity contribution in [2.45, 2.75) is 33.0 Å². The maximum absolute atomic E-state index is 13.8. The Hall–Kier alpha value is -2.39. The van der Waals surface area contributed by atoms with Gasteiger partial charge in [-0.05, 0) is 12.6 Å². The zero-order valence-electron chi connectivity index (χ0n) is 19.4. The first-order valence-corrected chi connectivity index (χ1v) is 12.6. The van der Waals surface area contributed by atoms with Gasteiger partial charge in [0.15, 0.2) is 0 Å². The lowest BCUT2D eigenvalue weighted by Crippen LogP contribution is -2.35. The van der Waals surface area contributed by atoms with Crippen molar-refractivity contribution in [3.63, 3.8) is 0 Å². The first kappa shape index (κ1) is 22.4. The number of likely N-dealkylation sites (N-methyl/N-ethyl adjacent to an activating group) is 1. The Balaban J connectivity index is 1.38. The number of carbonyl (C=O) groups is 1. The van der Waals surface area contributed by atoms with Crippen LogP contribution < -0.4 is 0 Å². The van der Waals surface area contributed by atoms with Gasteiger partial charge in [-0.15, -0.1) is 11.3 Å². The minimum Gasteiger partial charge on any atom is -0.379 e. The molecule has 0 bridgehead atoms. The number of aromatic nitrogens is 2. The lowest BCUT2D eigenvalue weighted by Gasteiger charge is -2.30. The first-order chi connectivity index (χ1) is 16.1. The van der Waals surface area contributed by atoms with E-state index < -0.39 is 0 Å². The Morgan fingerprint density at radius 1 is 1.15 bits per heavy atom. The van der Waals surface area contributed by atoms with Crippen LogP contribution in [0.5, 0.6) is 0 Å². The minimum atomic E-state index is 0.0468. The Morgan fingerprint density at radius 2 is 1.97 bits per heavy atom. The number of benzene rings is 1. The van der Waals surface area contributed by atoms with E-state index in [4.69, 9.17) is 14.7 Å². The number of hydrogen-bond donors (Lipinski definition) is 0. The van der Waals surface area contributed by atoms with E-state index in [1.165, 1.54) is 0 Å². The third-order valence-corrected chi connectivity index (χ3v) is 7.48. The van der Waals surface area contributed by atoms with Crippen LogP contribution in [0.3, 0.4) is 0 Å². The lowest BCUT2D eigenvalue weighted by molar-refractivity contribution is 0.0341. The number of pyridine rings is 1. The summed E-state index contributed by atoms with van der Waals surface area (Å²) >= 11 is 1.67. The summed E-state index contributed by atoms with van der Waals surface area (Å²) in [6.07, 6.45) is 0.884. The van der Waals surface area contributed by atoms with E-state index in [1.807, 2.05) is 31.3 Å². The molecule has 0 N–H and O–H groups in total. The number of thiazole rings is 1. The van der Waals surface area contributed by atoms with Gasteiger partial charge in [-0.3, -0.25) is 19.6 Å². The highest BCUT2D eigenvalue weighted by Gasteiger charge is 2.27. The minimum absolute atomic E-state index is 0.0468. The fraction of sp³-hybridized carbons (Fsp3) is 0.480. The van der Waals surface area contributed by atoms with Gasteiger partial charge in [0, 0.05) is 61.7 Å². The molecule has 1 aromatic carbocycles. The molecule has 0 saturated carbocycles. The first-order valence-electron chi connectivity index (χ1n) is 11.7. The molecule has 8 heteroatoms. The van der Waals surface area contributed by atoms with Crippen molar-refractivity contribution in [3.05, 3.63) is 57.2 Å². The average Bonchev–Trinajstić information content (AvgIpc) is 3.28. The second kappa shape index (κ2) is 9.85. The van der Waals surface area contributed by atoms with Crippen molar-refractivity contribution in [2.75, 3.05) is 46.4 Å². The lowest BCUT2D eigenvalue weighted by atomic mass is 9.95. The predicted octanol–water partition coefficient (Wildman–Crippen LogP) is 3.17. The molecule has 0 aliphatic carbocycles. The van der Waals surface area contributed by atoms with Crippen LogP contribution in [0.15, 0.2) is 29.6 Å². The average molecular weight is 466 g/mol. The van der Waals surface area contributed by atoms with Crippen LogP contribution in [0.1, 0.15) is 39.2 Å². The number of rotatable bonds is 6. The molecule has 5 rings (SSSR count). The van der Waals surface area contributed by atoms with E-state index in [0.29, 0.717) is 6.54 Å². The van der Waals surface area contributed by atoms with E-state index in [9.17, 15) is 4.79 Å². The summed E-state index contributed by atoms with van der Waals surface area (Å²) in [4.78, 5) is 30.1. The van der Waals surface area contributed by atoms with E-state index in [1.54, 1.807) is 16.2 Å². The number of carbonyl (C=O) groups excluding carboxylic acids is 1. The van der Waals surface area contributed by atoms with E-state index in [0.717, 1.165) is 97.3 Å². The number of hydrogen-bond acceptors (Lipinski definition) is 7. The van der Waals surface area contributed by atoms with Gasteiger partial charge in [0.1, 0.15) is 5.01 Å². The van der Waals surface area contributed by atoms with E-state index in [2.05, 4.69) is 22.1 Å². The van der Waals surface area contributed by atoms with Crippen molar-refractivity contribution >= 4 is 28.1 Å². The molecule has 0 radical (unpaired) electrons. The molecule has 4 heterocycles. The Labute approximate surface area is 199 Å². The van der Waals surface area contributed by atoms with Crippen molar-refractivity contribution in [1.29, 1.82) is 0 Å². The van der Waals surface area contributed by atoms with Gasteiger partial charge in [-0.1, -0.05) is 25.1 Å². The summed E-state index contributed by atoms with van der Waals surface area (Å²) in [5.74, 6) is 0.0468. The number of ether oxygens (including phenoxy) is 1. The van der Waals surface area contributed by atoms with Gasteiger partial charge in [-0.25, -0.2) is 4.98 Å². The van der Waals surface area contributed by atoms with Gasteiger partial charge in [0.2, 0.25) is 0 Å². The van der Waals surface area contributed by atoms with Crippen LogP contribution in [-0.4, -0.2) is 77.0 Å². The molecule has 174 valence electrons. The SMILES string of the molecule is CCN1CCc2nc3ccccc3c(C(=O)N(C)Cc3csc(CN4CCOCC4)n3)c2C1. The highest BCUT2D eigenvalue weighted by Crippen LogP contribution is 2.29. The fourth-order valence-electron chi connectivity index (χ4n) is 4.71. The number of nitrogens with zero attached hydrogens (tertiary/aromatic N) is 5. The maximum Gasteiger partial charge on any atom is 0.255 e. The summed E-state index contributed by atoms with van der Waals surface area (Å²) in [6, 6.07) is 8.02. The van der Waals surface area contributed by atoms with Crippen LogP contribution in [0.25, 0.3) is 10.9 Å². The summed E-state index contributed by atoms with van der Waals surface area (Å²) < 4.78 is 5.44. The zero-order chi connectivity index (χ0) is 22.8. The molecule has 2 aliphatic heterocycles. The third-order valence-electron chi connectivity index (χ3n) is 6.59. The topological polar surface area (TPSA) is 61.8 Å². The smallest absolute Gasteiger partial charge is 0.255 e. The normalized spacial score (nSPS) is 17.3. The summed E-state index contributed by atoms with van der Waals surface area (Å²) in [5, 5.41) is 4.12. The van der Waals surface area contributed by atoms with Crippen LogP contribution >= 0.6 is 11.3 Å². The molecule has 0 unspecified atom stereocenters. The summed E-state index contributed by atoms with van der Waals surface area (Å²) in [5.41, 5.74) is 4.81. The fourth-order valence-corrected chi connectivity index (χ4v) is 5.54. The summed E-state index contributed by atoms with van der Waals surface area (Å²) in [7, 11) is 1.88. The van der Waals surface area contributed by atoms with Crippen molar-refractivity contribution < 1.29 is 9.53 Å². The monoisotopic (exact) mass is 465 g/mol. The number of para-hydroxylation sites is 1. The molecule has 1 amide bonds. The third kappa shape index (κ3) is 4.80. The van der Waals surface area contributed by atoms with Gasteiger partial charge in [-0.2, -0.15) is 0 Å². The van der Waals surface area contributed by atoms with Gasteiger partial charge in [0.25, 0.3) is 5.91 Å². The van der Waals surface area contributed by atoms with E-state index in [-0.39, 0.29) is 5.91 Å². The van der Waals surface area contributed by atoms with Crippen LogP contribution in [0, 0.1) is 0 Å². The largest absolute Gasteiger partial charge is 0.379 e. The summed E-state index contributed by atoms with van der Waals surface area (Å²) in [6.45, 7) is 9.73. The molecule has 0 atom stereocenters. The molecule has 1 saturated heterocycles. The molecule has 2 aromatic heterocycles. The van der Waals surface area contributed by atoms with Crippen molar-refractivity contribution in [2.24, 2.45) is 0 Å². The van der Waals surface area contributed by atoms with Gasteiger partial charge < -0.3 is 9.64 Å². The van der Waals surface area contributed by atoms with Crippen LogP contribution in [0.4, 0.5) is 0 Å². The Morgan fingerprint density at radius 3 is 2.79 bits per heavy atom. The molecule has 3 aromatic rings. The second-order valence-electron chi connectivity index (χ2n) is 8.83. The standard InChI is InChI=1S/C25H31N5O2S/c1-3-29-9-8-22-20(15-29)24(19-6-4-5-7-21(19)27-22)25(31)28(2)14-18-17-33-23(26-18)16-30-10-12-32-13-11-30/h4-7,17H,3,8-16H2,1-2H3. The maximum atomic E-state index is 13.8. The molecule has 33 heavy (non-hydrogen) atoms. The van der Waals surface area contributed by atoms with Crippen LogP contribution in [-0.2, 0) is 30.8 Å². The highest BCUT2D eigenvalue weighted by molar-refractivity contribution is 7.09. The van der Waals surface area contributed by atoms with Gasteiger partial charge in [0.05, 0.1) is 43.1 Å². The predicted molar refractivity (Wildman–Crippen MR) is 130 cm³/mol. The quantitative estimate of drug-likeness (QED) is 0.557. The van der Waals surface area contributed by atoms with Crippen LogP contribution in [0.2, 0.25) is 0 Å². The molecule has 0 spiro atoms.